The van der Waals surface area contributed by atoms with Crippen LogP contribution >= 0.6 is 0 Å². The van der Waals surface area contributed by atoms with Crippen molar-refractivity contribution in [3.05, 3.63) is 24.3 Å². The molecule has 0 aromatic heterocycles. The topological polar surface area (TPSA) is 26.0 Å². The highest BCUT2D eigenvalue weighted by atomic mass is 14.8. The van der Waals surface area contributed by atoms with E-state index < -0.39 is 0 Å². The molecule has 0 heterocycles. The molecule has 3 unspecified atom stereocenters. The van der Waals surface area contributed by atoms with Gasteiger partial charge in [-0.25, -0.2) is 0 Å². The van der Waals surface area contributed by atoms with Gasteiger partial charge in [-0.2, -0.15) is 0 Å². The second kappa shape index (κ2) is 5.86. The van der Waals surface area contributed by atoms with Gasteiger partial charge in [0.25, 0.3) is 0 Å². The predicted molar refractivity (Wildman–Crippen MR) is 75.6 cm³/mol. The van der Waals surface area contributed by atoms with Crippen LogP contribution in [0.2, 0.25) is 0 Å². The van der Waals surface area contributed by atoms with Crippen LogP contribution in [0.25, 0.3) is 0 Å². The van der Waals surface area contributed by atoms with Crippen LogP contribution in [0.5, 0.6) is 0 Å². The van der Waals surface area contributed by atoms with Gasteiger partial charge in [-0.3, -0.25) is 0 Å². The monoisotopic (exact) mass is 234 g/mol. The molecule has 0 saturated carbocycles. The van der Waals surface area contributed by atoms with E-state index in [2.05, 4.69) is 45.9 Å². The number of allylic oxidation sites excluding steroid dienone is 3. The van der Waals surface area contributed by atoms with Crippen LogP contribution in [0.4, 0.5) is 0 Å². The fourth-order valence-corrected chi connectivity index (χ4v) is 3.31. The quantitative estimate of drug-likeness (QED) is 0.730. The van der Waals surface area contributed by atoms with Gasteiger partial charge in [0.2, 0.25) is 0 Å². The van der Waals surface area contributed by atoms with Crippen molar-refractivity contribution in [2.24, 2.45) is 17.1 Å². The molecule has 0 aromatic carbocycles. The maximum atomic E-state index is 6.66. The zero-order valence-corrected chi connectivity index (χ0v) is 11.9. The van der Waals surface area contributed by atoms with Crippen molar-refractivity contribution in [3.63, 3.8) is 0 Å². The maximum absolute atomic E-state index is 6.66. The molecule has 1 nitrogen and oxygen atoms in total. The standard InChI is InChI=1S/C16H28N/c1-5-10-14(3)16(12-8-7-9-13-16)15(4,17)11-6-2/h7-8,12,14H,5-6,10-11,13,17H2,1-4H3. The van der Waals surface area contributed by atoms with Crippen LogP contribution in [0.15, 0.2) is 18.2 Å². The molecule has 1 heteroatoms. The Morgan fingerprint density at radius 2 is 2.12 bits per heavy atom. The van der Waals surface area contributed by atoms with Crippen molar-refractivity contribution in [1.82, 2.24) is 0 Å². The van der Waals surface area contributed by atoms with Crippen molar-refractivity contribution in [2.45, 2.75) is 65.3 Å². The van der Waals surface area contributed by atoms with Crippen LogP contribution < -0.4 is 5.73 Å². The fourth-order valence-electron chi connectivity index (χ4n) is 3.31. The van der Waals surface area contributed by atoms with Crippen LogP contribution in [0.3, 0.4) is 0 Å². The molecule has 2 N–H and O–H groups in total. The van der Waals surface area contributed by atoms with Crippen LogP contribution in [-0.4, -0.2) is 5.54 Å². The highest BCUT2D eigenvalue weighted by molar-refractivity contribution is 5.21. The van der Waals surface area contributed by atoms with Crippen LogP contribution in [0, 0.1) is 17.4 Å². The maximum Gasteiger partial charge on any atom is 0.0223 e. The summed E-state index contributed by atoms with van der Waals surface area (Å²) in [6, 6.07) is 0. The Morgan fingerprint density at radius 3 is 2.59 bits per heavy atom. The van der Waals surface area contributed by atoms with Crippen molar-refractivity contribution in [2.75, 3.05) is 0 Å². The third-order valence-corrected chi connectivity index (χ3v) is 4.44. The van der Waals surface area contributed by atoms with Crippen LogP contribution in [-0.2, 0) is 0 Å². The van der Waals surface area contributed by atoms with E-state index in [0.717, 1.165) is 19.3 Å². The molecule has 0 bridgehead atoms. The third kappa shape index (κ3) is 2.82. The van der Waals surface area contributed by atoms with Gasteiger partial charge in [-0.1, -0.05) is 58.3 Å². The first-order valence-electron chi connectivity index (χ1n) is 7.03. The zero-order valence-electron chi connectivity index (χ0n) is 11.9. The Morgan fingerprint density at radius 1 is 1.41 bits per heavy atom. The Hall–Kier alpha value is -0.560. The van der Waals surface area contributed by atoms with E-state index in [1.165, 1.54) is 12.8 Å². The summed E-state index contributed by atoms with van der Waals surface area (Å²) in [6.07, 6.45) is 15.6. The first kappa shape index (κ1) is 14.5. The Balaban J connectivity index is 3.02. The van der Waals surface area contributed by atoms with Gasteiger partial charge in [0, 0.05) is 11.0 Å². The van der Waals surface area contributed by atoms with Crippen molar-refractivity contribution < 1.29 is 0 Å². The third-order valence-electron chi connectivity index (χ3n) is 4.44. The van der Waals surface area contributed by atoms with E-state index in [9.17, 15) is 0 Å². The summed E-state index contributed by atoms with van der Waals surface area (Å²) in [5, 5.41) is 0. The molecular weight excluding hydrogens is 206 g/mol. The van der Waals surface area contributed by atoms with Gasteiger partial charge in [0.1, 0.15) is 0 Å². The molecule has 1 aliphatic carbocycles. The molecule has 0 aromatic rings. The average molecular weight is 234 g/mol. The molecule has 97 valence electrons. The van der Waals surface area contributed by atoms with Gasteiger partial charge in [0.05, 0.1) is 0 Å². The lowest BCUT2D eigenvalue weighted by Gasteiger charge is -2.49. The van der Waals surface area contributed by atoms with Crippen LogP contribution in [0.1, 0.15) is 59.8 Å². The Kier molecular flexibility index (Phi) is 5.00. The smallest absolute Gasteiger partial charge is 0.0223 e. The molecule has 17 heavy (non-hydrogen) atoms. The molecular formula is C16H28N. The lowest BCUT2D eigenvalue weighted by molar-refractivity contribution is 0.102. The number of nitrogens with two attached hydrogens (primary N) is 1. The summed E-state index contributed by atoms with van der Waals surface area (Å²) in [5.74, 6) is 0.617. The molecule has 0 saturated heterocycles. The summed E-state index contributed by atoms with van der Waals surface area (Å²) < 4.78 is 0. The minimum Gasteiger partial charge on any atom is -0.325 e. The van der Waals surface area contributed by atoms with Gasteiger partial charge in [0.15, 0.2) is 0 Å². The van der Waals surface area contributed by atoms with E-state index >= 15 is 0 Å². The molecule has 3 atom stereocenters. The summed E-state index contributed by atoms with van der Waals surface area (Å²) in [6.45, 7) is 9.04. The average Bonchev–Trinajstić information content (AvgIpc) is 2.30. The van der Waals surface area contributed by atoms with E-state index in [1.54, 1.807) is 0 Å². The van der Waals surface area contributed by atoms with Gasteiger partial charge in [-0.05, 0) is 31.8 Å². The van der Waals surface area contributed by atoms with Gasteiger partial charge >= 0.3 is 0 Å². The number of hydrogen-bond acceptors (Lipinski definition) is 1. The lowest BCUT2D eigenvalue weighted by Crippen LogP contribution is -2.55. The summed E-state index contributed by atoms with van der Waals surface area (Å²) in [4.78, 5) is 0. The first-order chi connectivity index (χ1) is 8.00. The fraction of sp³-hybridized carbons (Fsp3) is 0.750. The van der Waals surface area contributed by atoms with Crippen molar-refractivity contribution >= 4 is 0 Å². The van der Waals surface area contributed by atoms with E-state index in [1.807, 2.05) is 6.08 Å². The second-order valence-corrected chi connectivity index (χ2v) is 5.80. The van der Waals surface area contributed by atoms with Crippen molar-refractivity contribution in [1.29, 1.82) is 0 Å². The molecule has 1 radical (unpaired) electrons. The molecule has 0 amide bonds. The lowest BCUT2D eigenvalue weighted by atomic mass is 9.58. The SMILES string of the molecule is CCCC(C)C1(C(C)(N)CCC)C=CC=[C]C1. The number of hydrogen-bond donors (Lipinski definition) is 1. The Bertz CT molecular complexity index is 288. The second-order valence-electron chi connectivity index (χ2n) is 5.80. The van der Waals surface area contributed by atoms with E-state index in [-0.39, 0.29) is 11.0 Å². The zero-order chi connectivity index (χ0) is 12.9. The predicted octanol–water partition coefficient (Wildman–Crippen LogP) is 4.25. The van der Waals surface area contributed by atoms with Crippen molar-refractivity contribution in [3.8, 4) is 0 Å². The Labute approximate surface area is 107 Å². The summed E-state index contributed by atoms with van der Waals surface area (Å²) >= 11 is 0. The molecule has 1 rings (SSSR count). The van der Waals surface area contributed by atoms with Gasteiger partial charge < -0.3 is 5.73 Å². The highest BCUT2D eigenvalue weighted by Crippen LogP contribution is 2.47. The molecule has 0 fully saturated rings. The molecule has 0 aliphatic heterocycles. The first-order valence-corrected chi connectivity index (χ1v) is 7.03. The minimum atomic E-state index is -0.131. The van der Waals surface area contributed by atoms with E-state index in [4.69, 9.17) is 5.73 Å². The largest absolute Gasteiger partial charge is 0.325 e. The molecule has 1 aliphatic rings. The molecule has 0 spiro atoms. The normalized spacial score (nSPS) is 29.0. The van der Waals surface area contributed by atoms with Gasteiger partial charge in [-0.15, -0.1) is 0 Å². The minimum absolute atomic E-state index is 0.0910. The summed E-state index contributed by atoms with van der Waals surface area (Å²) in [7, 11) is 0. The van der Waals surface area contributed by atoms with E-state index in [0.29, 0.717) is 5.92 Å². The summed E-state index contributed by atoms with van der Waals surface area (Å²) in [5.41, 5.74) is 6.62. The number of rotatable bonds is 6. The highest BCUT2D eigenvalue weighted by Gasteiger charge is 2.46.